The number of amides is 2. The summed E-state index contributed by atoms with van der Waals surface area (Å²) in [6.45, 7) is 2.25. The first-order valence-electron chi connectivity index (χ1n) is 10.3. The molecule has 11 heteroatoms. The average molecular weight is 456 g/mol. The highest BCUT2D eigenvalue weighted by Crippen LogP contribution is 2.31. The Balaban J connectivity index is 1.24. The van der Waals surface area contributed by atoms with Crippen molar-refractivity contribution < 1.29 is 22.7 Å². The molecule has 0 spiro atoms. The van der Waals surface area contributed by atoms with Gasteiger partial charge >= 0.3 is 6.03 Å². The SMILES string of the molecule is Cc1cccn1-c1ncc(F)c(OC2CN(C(=O)N3N=CCC3c3cc(F)cc(F)c3)C2)n1. The van der Waals surface area contributed by atoms with Gasteiger partial charge < -0.3 is 9.64 Å². The molecule has 1 saturated heterocycles. The molecule has 33 heavy (non-hydrogen) atoms. The molecule has 2 aromatic heterocycles. The smallest absolute Gasteiger partial charge is 0.341 e. The predicted octanol–water partition coefficient (Wildman–Crippen LogP) is 3.61. The Morgan fingerprint density at radius 3 is 2.61 bits per heavy atom. The molecule has 2 aliphatic heterocycles. The van der Waals surface area contributed by atoms with Gasteiger partial charge in [0.1, 0.15) is 17.7 Å². The van der Waals surface area contributed by atoms with Crippen LogP contribution in [0.2, 0.25) is 0 Å². The zero-order valence-electron chi connectivity index (χ0n) is 17.5. The number of carbonyl (C=O) groups excluding carboxylic acids is 1. The van der Waals surface area contributed by atoms with Crippen LogP contribution in [-0.2, 0) is 0 Å². The molecule has 1 aromatic carbocycles. The first-order valence-corrected chi connectivity index (χ1v) is 10.3. The van der Waals surface area contributed by atoms with Crippen LogP contribution in [0.15, 0.2) is 47.8 Å². The third-order valence-corrected chi connectivity index (χ3v) is 5.56. The number of nitrogens with zero attached hydrogens (tertiary/aromatic N) is 6. The molecule has 3 aromatic rings. The molecule has 5 rings (SSSR count). The molecule has 2 aliphatic rings. The molecular weight excluding hydrogens is 437 g/mol. The van der Waals surface area contributed by atoms with E-state index in [2.05, 4.69) is 15.1 Å². The summed E-state index contributed by atoms with van der Waals surface area (Å²) >= 11 is 0. The summed E-state index contributed by atoms with van der Waals surface area (Å²) in [7, 11) is 0. The van der Waals surface area contributed by atoms with Crippen molar-refractivity contribution in [1.82, 2.24) is 24.4 Å². The van der Waals surface area contributed by atoms with Crippen LogP contribution in [0.4, 0.5) is 18.0 Å². The highest BCUT2D eigenvalue weighted by atomic mass is 19.1. The number of aryl methyl sites for hydroxylation is 1. The molecule has 1 unspecified atom stereocenters. The molecule has 1 atom stereocenters. The van der Waals surface area contributed by atoms with E-state index < -0.39 is 35.6 Å². The minimum atomic E-state index is -0.719. The Bertz CT molecular complexity index is 1220. The topological polar surface area (TPSA) is 75.8 Å². The number of ether oxygens (including phenoxy) is 1. The van der Waals surface area contributed by atoms with Crippen LogP contribution < -0.4 is 4.74 Å². The van der Waals surface area contributed by atoms with E-state index in [1.165, 1.54) is 28.3 Å². The lowest BCUT2D eigenvalue weighted by atomic mass is 10.0. The van der Waals surface area contributed by atoms with Crippen molar-refractivity contribution in [3.05, 3.63) is 71.4 Å². The summed E-state index contributed by atoms with van der Waals surface area (Å²) in [4.78, 5) is 22.5. The lowest BCUT2D eigenvalue weighted by molar-refractivity contribution is 0.0229. The van der Waals surface area contributed by atoms with E-state index in [-0.39, 0.29) is 24.9 Å². The van der Waals surface area contributed by atoms with Crippen LogP contribution in [0.5, 0.6) is 5.88 Å². The van der Waals surface area contributed by atoms with Gasteiger partial charge in [0.15, 0.2) is 0 Å². The lowest BCUT2D eigenvalue weighted by Crippen LogP contribution is -2.59. The van der Waals surface area contributed by atoms with E-state index >= 15 is 0 Å². The minimum absolute atomic E-state index is 0.191. The number of hydrogen-bond donors (Lipinski definition) is 0. The number of urea groups is 1. The second-order valence-corrected chi connectivity index (χ2v) is 7.87. The van der Waals surface area contributed by atoms with Gasteiger partial charge in [-0.05, 0) is 36.8 Å². The molecule has 0 N–H and O–H groups in total. The van der Waals surface area contributed by atoms with Gasteiger partial charge in [-0.3, -0.25) is 4.57 Å². The minimum Gasteiger partial charge on any atom is -0.468 e. The molecule has 1 fully saturated rings. The maximum atomic E-state index is 14.2. The zero-order chi connectivity index (χ0) is 23.1. The van der Waals surface area contributed by atoms with Crippen LogP contribution >= 0.6 is 0 Å². The maximum Gasteiger partial charge on any atom is 0.341 e. The number of likely N-dealkylation sites (tertiary alicyclic amines) is 1. The van der Waals surface area contributed by atoms with Crippen molar-refractivity contribution in [2.45, 2.75) is 25.5 Å². The number of benzene rings is 1. The zero-order valence-corrected chi connectivity index (χ0v) is 17.5. The van der Waals surface area contributed by atoms with Gasteiger partial charge in [0.25, 0.3) is 5.88 Å². The third kappa shape index (κ3) is 4.01. The molecule has 0 bridgehead atoms. The Morgan fingerprint density at radius 2 is 1.91 bits per heavy atom. The number of rotatable bonds is 4. The quantitative estimate of drug-likeness (QED) is 0.601. The molecule has 2 amide bonds. The van der Waals surface area contributed by atoms with Crippen LogP contribution in [0.3, 0.4) is 0 Å². The third-order valence-electron chi connectivity index (χ3n) is 5.56. The van der Waals surface area contributed by atoms with Crippen LogP contribution in [0.1, 0.15) is 23.7 Å². The van der Waals surface area contributed by atoms with Crippen molar-refractivity contribution in [3.63, 3.8) is 0 Å². The number of hydrogen-bond acceptors (Lipinski definition) is 5. The molecule has 0 saturated carbocycles. The lowest BCUT2D eigenvalue weighted by Gasteiger charge is -2.40. The highest BCUT2D eigenvalue weighted by molar-refractivity contribution is 5.79. The van der Waals surface area contributed by atoms with Gasteiger partial charge in [-0.25, -0.2) is 23.6 Å². The second kappa shape index (κ2) is 8.23. The van der Waals surface area contributed by atoms with Crippen molar-refractivity contribution in [2.75, 3.05) is 13.1 Å². The average Bonchev–Trinajstić information content (AvgIpc) is 3.39. The Morgan fingerprint density at radius 1 is 1.15 bits per heavy atom. The van der Waals surface area contributed by atoms with Crippen LogP contribution in [-0.4, -0.2) is 55.9 Å². The van der Waals surface area contributed by atoms with Crippen molar-refractivity contribution >= 4 is 12.2 Å². The number of hydrazone groups is 1. The van der Waals surface area contributed by atoms with Gasteiger partial charge in [-0.15, -0.1) is 0 Å². The summed E-state index contributed by atoms with van der Waals surface area (Å²) in [5, 5.41) is 5.27. The van der Waals surface area contributed by atoms with Gasteiger partial charge in [0.2, 0.25) is 11.8 Å². The van der Waals surface area contributed by atoms with E-state index in [0.29, 0.717) is 12.0 Å². The van der Waals surface area contributed by atoms with E-state index in [4.69, 9.17) is 4.74 Å². The largest absolute Gasteiger partial charge is 0.468 e. The van der Waals surface area contributed by atoms with Gasteiger partial charge in [-0.2, -0.15) is 14.5 Å². The van der Waals surface area contributed by atoms with Crippen molar-refractivity contribution in [2.24, 2.45) is 5.10 Å². The number of aromatic nitrogens is 3. The molecule has 4 heterocycles. The first-order chi connectivity index (χ1) is 15.9. The van der Waals surface area contributed by atoms with E-state index in [1.54, 1.807) is 10.8 Å². The summed E-state index contributed by atoms with van der Waals surface area (Å²) in [6, 6.07) is 5.82. The Kier molecular flexibility index (Phi) is 5.23. The van der Waals surface area contributed by atoms with Gasteiger partial charge in [-0.1, -0.05) is 0 Å². The Hall–Kier alpha value is -3.89. The molecule has 0 aliphatic carbocycles. The first kappa shape index (κ1) is 21.0. The fourth-order valence-corrected chi connectivity index (χ4v) is 3.85. The highest BCUT2D eigenvalue weighted by Gasteiger charge is 2.39. The molecular formula is C22H19F3N6O2. The molecule has 0 radical (unpaired) electrons. The van der Waals surface area contributed by atoms with Gasteiger partial charge in [0, 0.05) is 30.6 Å². The fourth-order valence-electron chi connectivity index (χ4n) is 3.85. The van der Waals surface area contributed by atoms with Gasteiger partial charge in [0.05, 0.1) is 25.3 Å². The maximum absolute atomic E-state index is 14.2. The van der Waals surface area contributed by atoms with E-state index in [0.717, 1.165) is 18.0 Å². The number of carbonyl (C=O) groups is 1. The van der Waals surface area contributed by atoms with Crippen LogP contribution in [0, 0.1) is 24.4 Å². The summed E-state index contributed by atoms with van der Waals surface area (Å²) in [6.07, 6.45) is 4.21. The standard InChI is InChI=1S/C22H19F3N6O2/c1-13-3-2-6-30(13)21-26-10-18(25)20(28-21)33-17-11-29(12-17)22(32)31-19(4-5-27-31)14-7-15(23)9-16(24)8-14/h2-3,5-10,17,19H,4,11-12H2,1H3. The monoisotopic (exact) mass is 456 g/mol. The molecule has 170 valence electrons. The van der Waals surface area contributed by atoms with Crippen LogP contribution in [0.25, 0.3) is 5.95 Å². The summed E-state index contributed by atoms with van der Waals surface area (Å²) in [5.41, 5.74) is 1.20. The molecule has 8 nitrogen and oxygen atoms in total. The van der Waals surface area contributed by atoms with E-state index in [9.17, 15) is 18.0 Å². The normalized spacial score (nSPS) is 18.0. The Labute approximate surface area is 186 Å². The predicted molar refractivity (Wildman–Crippen MR) is 111 cm³/mol. The van der Waals surface area contributed by atoms with Crippen molar-refractivity contribution in [3.8, 4) is 11.8 Å². The number of halogens is 3. The van der Waals surface area contributed by atoms with E-state index in [1.807, 2.05) is 19.1 Å². The fraction of sp³-hybridized carbons (Fsp3) is 0.273. The summed E-state index contributed by atoms with van der Waals surface area (Å²) < 4.78 is 48.8. The van der Waals surface area contributed by atoms with Crippen molar-refractivity contribution in [1.29, 1.82) is 0 Å². The second-order valence-electron chi connectivity index (χ2n) is 7.87. The summed E-state index contributed by atoms with van der Waals surface area (Å²) in [5.74, 6) is -2.06.